The van der Waals surface area contributed by atoms with Crippen LogP contribution in [0, 0.1) is 0 Å². The topological polar surface area (TPSA) is 52.1 Å². The van der Waals surface area contributed by atoms with Crippen LogP contribution in [0.3, 0.4) is 0 Å². The van der Waals surface area contributed by atoms with Crippen LogP contribution in [0.15, 0.2) is 43.0 Å². The van der Waals surface area contributed by atoms with E-state index < -0.39 is 5.97 Å². The Morgan fingerprint density at radius 2 is 2.18 bits per heavy atom. The van der Waals surface area contributed by atoms with Gasteiger partial charge in [0.25, 0.3) is 0 Å². The second-order valence-corrected chi connectivity index (χ2v) is 3.77. The highest BCUT2D eigenvalue weighted by Crippen LogP contribution is 2.10. The highest BCUT2D eigenvalue weighted by molar-refractivity contribution is 6.30. The molecule has 86 valence electrons. The van der Waals surface area contributed by atoms with Crippen LogP contribution in [-0.2, 0) is 11.3 Å². The summed E-state index contributed by atoms with van der Waals surface area (Å²) in [6.07, 6.45) is 6.17. The van der Waals surface area contributed by atoms with E-state index in [1.54, 1.807) is 18.5 Å². The molecular formula is C12H9ClN2O2. The number of hydrogen-bond donors (Lipinski definition) is 0. The Morgan fingerprint density at radius 3 is 2.88 bits per heavy atom. The maximum Gasteiger partial charge on any atom is 0.340 e. The zero-order valence-corrected chi connectivity index (χ0v) is 9.59. The summed E-state index contributed by atoms with van der Waals surface area (Å²) in [6, 6.07) is 5.13. The largest absolute Gasteiger partial charge is 0.457 e. The van der Waals surface area contributed by atoms with Gasteiger partial charge in [0, 0.05) is 30.4 Å². The van der Waals surface area contributed by atoms with Crippen molar-refractivity contribution in [2.75, 3.05) is 0 Å². The van der Waals surface area contributed by atoms with E-state index >= 15 is 0 Å². The Kier molecular flexibility index (Phi) is 3.67. The van der Waals surface area contributed by atoms with Crippen LogP contribution >= 0.6 is 11.6 Å². The highest BCUT2D eigenvalue weighted by Gasteiger charge is 2.08. The third-order valence-electron chi connectivity index (χ3n) is 2.03. The molecule has 4 nitrogen and oxygen atoms in total. The summed E-state index contributed by atoms with van der Waals surface area (Å²) in [5, 5.41) is 0.404. The van der Waals surface area contributed by atoms with E-state index in [0.29, 0.717) is 10.6 Å². The molecule has 0 aliphatic heterocycles. The number of pyridine rings is 2. The molecule has 0 amide bonds. The molecule has 0 spiro atoms. The van der Waals surface area contributed by atoms with Gasteiger partial charge in [0.1, 0.15) is 6.61 Å². The predicted octanol–water partition coefficient (Wildman–Crippen LogP) is 2.49. The number of nitrogens with zero attached hydrogens (tertiary/aromatic N) is 2. The fourth-order valence-electron chi connectivity index (χ4n) is 1.24. The third kappa shape index (κ3) is 3.26. The van der Waals surface area contributed by atoms with Crippen molar-refractivity contribution in [3.63, 3.8) is 0 Å². The Labute approximate surface area is 103 Å². The number of halogens is 1. The molecule has 0 fully saturated rings. The molecule has 0 saturated heterocycles. The van der Waals surface area contributed by atoms with Crippen molar-refractivity contribution in [1.29, 1.82) is 0 Å². The molecule has 0 saturated carbocycles. The van der Waals surface area contributed by atoms with Crippen molar-refractivity contribution in [2.24, 2.45) is 0 Å². The van der Waals surface area contributed by atoms with Crippen LogP contribution in [0.5, 0.6) is 0 Å². The summed E-state index contributed by atoms with van der Waals surface area (Å²) < 4.78 is 5.09. The van der Waals surface area contributed by atoms with Gasteiger partial charge in [0.15, 0.2) is 0 Å². The zero-order valence-electron chi connectivity index (χ0n) is 8.84. The average molecular weight is 249 g/mol. The highest BCUT2D eigenvalue weighted by atomic mass is 35.5. The molecule has 0 aromatic carbocycles. The summed E-state index contributed by atoms with van der Waals surface area (Å²) in [4.78, 5) is 19.4. The average Bonchev–Trinajstić information content (AvgIpc) is 2.37. The Bertz CT molecular complexity index is 517. The first-order valence-corrected chi connectivity index (χ1v) is 5.30. The van der Waals surface area contributed by atoms with Gasteiger partial charge < -0.3 is 4.74 Å². The summed E-state index contributed by atoms with van der Waals surface area (Å²) in [5.41, 5.74) is 1.16. The van der Waals surface area contributed by atoms with Crippen LogP contribution in [0.1, 0.15) is 15.9 Å². The molecule has 2 aromatic heterocycles. The molecule has 0 aliphatic carbocycles. The summed E-state index contributed by atoms with van der Waals surface area (Å²) >= 11 is 5.73. The lowest BCUT2D eigenvalue weighted by molar-refractivity contribution is 0.0472. The van der Waals surface area contributed by atoms with Gasteiger partial charge in [-0.2, -0.15) is 0 Å². The SMILES string of the molecule is O=C(OCc1cccnc1)c1cncc(Cl)c1. The van der Waals surface area contributed by atoms with E-state index in [0.717, 1.165) is 5.56 Å². The summed E-state index contributed by atoms with van der Waals surface area (Å²) in [7, 11) is 0. The van der Waals surface area contributed by atoms with Gasteiger partial charge >= 0.3 is 5.97 Å². The minimum atomic E-state index is -0.455. The van der Waals surface area contributed by atoms with Crippen molar-refractivity contribution in [3.05, 3.63) is 59.1 Å². The molecule has 0 radical (unpaired) electrons. The van der Waals surface area contributed by atoms with Crippen molar-refractivity contribution in [2.45, 2.75) is 6.61 Å². The van der Waals surface area contributed by atoms with E-state index in [2.05, 4.69) is 9.97 Å². The summed E-state index contributed by atoms with van der Waals surface area (Å²) in [5.74, 6) is -0.455. The zero-order chi connectivity index (χ0) is 12.1. The molecule has 2 rings (SSSR count). The Balaban J connectivity index is 1.98. The number of aromatic nitrogens is 2. The Morgan fingerprint density at radius 1 is 1.29 bits per heavy atom. The molecule has 0 unspecified atom stereocenters. The van der Waals surface area contributed by atoms with Crippen LogP contribution in [0.4, 0.5) is 0 Å². The first kappa shape index (κ1) is 11.5. The van der Waals surface area contributed by atoms with Crippen molar-refractivity contribution < 1.29 is 9.53 Å². The number of carbonyl (C=O) groups is 1. The minimum absolute atomic E-state index is 0.180. The molecular weight excluding hydrogens is 240 g/mol. The molecule has 5 heteroatoms. The molecule has 2 aromatic rings. The number of rotatable bonds is 3. The molecule has 0 N–H and O–H groups in total. The standard InChI is InChI=1S/C12H9ClN2O2/c13-11-4-10(6-15-7-11)12(16)17-8-9-2-1-3-14-5-9/h1-7H,8H2. The fourth-order valence-corrected chi connectivity index (χ4v) is 1.41. The van der Waals surface area contributed by atoms with Crippen LogP contribution in [0.25, 0.3) is 0 Å². The second-order valence-electron chi connectivity index (χ2n) is 3.33. The lowest BCUT2D eigenvalue weighted by atomic mass is 10.3. The number of ether oxygens (including phenoxy) is 1. The molecule has 2 heterocycles. The third-order valence-corrected chi connectivity index (χ3v) is 2.24. The number of esters is 1. The van der Waals surface area contributed by atoms with Crippen LogP contribution in [-0.4, -0.2) is 15.9 Å². The lowest BCUT2D eigenvalue weighted by Gasteiger charge is -2.04. The van der Waals surface area contributed by atoms with E-state index in [9.17, 15) is 4.79 Å². The maximum absolute atomic E-state index is 11.6. The van der Waals surface area contributed by atoms with Crippen molar-refractivity contribution in [3.8, 4) is 0 Å². The van der Waals surface area contributed by atoms with Gasteiger partial charge in [-0.1, -0.05) is 17.7 Å². The van der Waals surface area contributed by atoms with Gasteiger partial charge in [0.05, 0.1) is 10.6 Å². The normalized spacial score (nSPS) is 9.94. The Hall–Kier alpha value is -1.94. The van der Waals surface area contributed by atoms with Gasteiger partial charge in [-0.3, -0.25) is 9.97 Å². The predicted molar refractivity (Wildman–Crippen MR) is 62.6 cm³/mol. The lowest BCUT2D eigenvalue weighted by Crippen LogP contribution is -2.05. The van der Waals surface area contributed by atoms with Crippen LogP contribution < -0.4 is 0 Å². The molecule has 0 aliphatic rings. The van der Waals surface area contributed by atoms with Crippen molar-refractivity contribution >= 4 is 17.6 Å². The second kappa shape index (κ2) is 5.41. The molecule has 0 atom stereocenters. The fraction of sp³-hybridized carbons (Fsp3) is 0.0833. The molecule has 0 bridgehead atoms. The first-order valence-electron chi connectivity index (χ1n) is 4.92. The van der Waals surface area contributed by atoms with E-state index in [4.69, 9.17) is 16.3 Å². The van der Waals surface area contributed by atoms with Crippen LogP contribution in [0.2, 0.25) is 5.02 Å². The monoisotopic (exact) mass is 248 g/mol. The van der Waals surface area contributed by atoms with Gasteiger partial charge in [-0.05, 0) is 12.1 Å². The smallest absolute Gasteiger partial charge is 0.340 e. The van der Waals surface area contributed by atoms with Crippen molar-refractivity contribution in [1.82, 2.24) is 9.97 Å². The van der Waals surface area contributed by atoms with Gasteiger partial charge in [-0.25, -0.2) is 4.79 Å². The quantitative estimate of drug-likeness (QED) is 0.783. The number of carbonyl (C=O) groups excluding carboxylic acids is 1. The van der Waals surface area contributed by atoms with E-state index in [-0.39, 0.29) is 6.61 Å². The van der Waals surface area contributed by atoms with Gasteiger partial charge in [0.2, 0.25) is 0 Å². The number of hydrogen-bond acceptors (Lipinski definition) is 4. The minimum Gasteiger partial charge on any atom is -0.457 e. The van der Waals surface area contributed by atoms with E-state index in [1.165, 1.54) is 18.5 Å². The summed E-state index contributed by atoms with van der Waals surface area (Å²) in [6.45, 7) is 0.180. The maximum atomic E-state index is 11.6. The van der Waals surface area contributed by atoms with E-state index in [1.807, 2.05) is 6.07 Å². The molecule has 17 heavy (non-hydrogen) atoms. The van der Waals surface area contributed by atoms with Gasteiger partial charge in [-0.15, -0.1) is 0 Å². The first-order chi connectivity index (χ1) is 8.25.